The standard InChI is InChI=1S/C23H19N7.C8H8N4O/c24-21-18(6-2-11-25-21)22-27-19-9-10-20(29-13-3-12-26-29)28-23(19)30(22)17-8-7-15-4-1-5-16(15)14-17;1-12-8-6(4-11-12)2-5(3-10-8)7(9)13/h2-3,6-14H,1,4-5H2,(H2,24,25);2-4H,1H3,(H2,9,13). The number of aryl methyl sites for hydroxylation is 3. The fraction of sp³-hybridized carbons (Fsp3) is 0.129. The topological polar surface area (TPSA) is 161 Å². The number of imidazole rings is 1. The van der Waals surface area contributed by atoms with Crippen LogP contribution in [-0.2, 0) is 19.9 Å². The van der Waals surface area contributed by atoms with E-state index in [0.29, 0.717) is 11.4 Å². The summed E-state index contributed by atoms with van der Waals surface area (Å²) in [5.41, 5.74) is 18.7. The molecule has 6 aromatic heterocycles. The van der Waals surface area contributed by atoms with E-state index in [0.717, 1.165) is 57.9 Å². The third-order valence-corrected chi connectivity index (χ3v) is 7.50. The molecule has 0 atom stereocenters. The first-order chi connectivity index (χ1) is 21.0. The smallest absolute Gasteiger partial charge is 0.250 e. The van der Waals surface area contributed by atoms with Crippen LogP contribution in [0.15, 0.2) is 85.6 Å². The highest BCUT2D eigenvalue weighted by molar-refractivity contribution is 5.95. The lowest BCUT2D eigenvalue weighted by Crippen LogP contribution is -2.11. The molecule has 1 aromatic carbocycles. The van der Waals surface area contributed by atoms with Crippen molar-refractivity contribution < 1.29 is 4.79 Å². The predicted molar refractivity (Wildman–Crippen MR) is 163 cm³/mol. The number of nitrogens with two attached hydrogens (primary N) is 2. The van der Waals surface area contributed by atoms with Gasteiger partial charge in [-0.25, -0.2) is 24.6 Å². The normalized spacial score (nSPS) is 12.3. The molecular weight excluding hydrogens is 542 g/mol. The summed E-state index contributed by atoms with van der Waals surface area (Å²) in [7, 11) is 1.79. The first-order valence-electron chi connectivity index (χ1n) is 13.8. The lowest BCUT2D eigenvalue weighted by molar-refractivity contribution is 0.1000. The van der Waals surface area contributed by atoms with Crippen LogP contribution in [0.2, 0.25) is 0 Å². The number of rotatable bonds is 4. The second-order valence-corrected chi connectivity index (χ2v) is 10.2. The van der Waals surface area contributed by atoms with Crippen LogP contribution < -0.4 is 11.5 Å². The van der Waals surface area contributed by atoms with Crippen LogP contribution in [0.4, 0.5) is 5.82 Å². The molecule has 43 heavy (non-hydrogen) atoms. The van der Waals surface area contributed by atoms with Crippen LogP contribution in [0, 0.1) is 0 Å². The van der Waals surface area contributed by atoms with Crippen molar-refractivity contribution in [2.45, 2.75) is 19.3 Å². The highest BCUT2D eigenvalue weighted by Crippen LogP contribution is 2.32. The number of anilines is 1. The molecule has 0 saturated carbocycles. The van der Waals surface area contributed by atoms with Gasteiger partial charge in [-0.3, -0.25) is 14.0 Å². The fourth-order valence-electron chi connectivity index (χ4n) is 5.39. The second-order valence-electron chi connectivity index (χ2n) is 10.2. The van der Waals surface area contributed by atoms with E-state index in [-0.39, 0.29) is 0 Å². The molecular formula is C31H27N11O. The quantitative estimate of drug-likeness (QED) is 0.323. The van der Waals surface area contributed by atoms with Gasteiger partial charge in [0.05, 0.1) is 17.3 Å². The number of carbonyl (C=O) groups is 1. The van der Waals surface area contributed by atoms with Crippen molar-refractivity contribution in [2.75, 3.05) is 5.73 Å². The van der Waals surface area contributed by atoms with E-state index < -0.39 is 5.91 Å². The number of nitrogen functional groups attached to an aromatic ring is 1. The number of carbonyl (C=O) groups excluding carboxylic acids is 1. The van der Waals surface area contributed by atoms with E-state index >= 15 is 0 Å². The third-order valence-electron chi connectivity index (χ3n) is 7.50. The zero-order valence-electron chi connectivity index (χ0n) is 23.3. The Balaban J connectivity index is 0.000000193. The Morgan fingerprint density at radius 3 is 2.58 bits per heavy atom. The van der Waals surface area contributed by atoms with Gasteiger partial charge in [0.1, 0.15) is 11.3 Å². The molecule has 6 heterocycles. The van der Waals surface area contributed by atoms with E-state index in [2.05, 4.69) is 42.9 Å². The fourth-order valence-corrected chi connectivity index (χ4v) is 5.39. The van der Waals surface area contributed by atoms with Gasteiger partial charge in [0.2, 0.25) is 5.91 Å². The van der Waals surface area contributed by atoms with Crippen LogP contribution in [-0.4, -0.2) is 50.0 Å². The molecule has 1 aliphatic carbocycles. The largest absolute Gasteiger partial charge is 0.383 e. The zero-order chi connectivity index (χ0) is 29.5. The van der Waals surface area contributed by atoms with Gasteiger partial charge in [0, 0.05) is 42.9 Å². The van der Waals surface area contributed by atoms with Gasteiger partial charge in [-0.2, -0.15) is 10.2 Å². The highest BCUT2D eigenvalue weighted by Gasteiger charge is 2.20. The SMILES string of the molecule is Cn1ncc2cc(C(N)=O)cnc21.Nc1ncccc1-c1nc2ccc(-n3cccn3)nc2n1-c1ccc2c(c1)CCC2. The summed E-state index contributed by atoms with van der Waals surface area (Å²) in [6, 6.07) is 17.9. The Morgan fingerprint density at radius 2 is 1.77 bits per heavy atom. The van der Waals surface area contributed by atoms with Crippen molar-refractivity contribution in [2.24, 2.45) is 12.8 Å². The van der Waals surface area contributed by atoms with Crippen LogP contribution in [0.5, 0.6) is 0 Å². The molecule has 212 valence electrons. The molecule has 0 radical (unpaired) electrons. The summed E-state index contributed by atoms with van der Waals surface area (Å²) in [5, 5.41) is 9.13. The first-order valence-corrected chi connectivity index (χ1v) is 13.8. The highest BCUT2D eigenvalue weighted by atomic mass is 16.1. The number of aromatic nitrogens is 9. The van der Waals surface area contributed by atoms with Crippen molar-refractivity contribution in [3.63, 3.8) is 0 Å². The van der Waals surface area contributed by atoms with E-state index in [1.165, 1.54) is 23.7 Å². The maximum atomic E-state index is 10.8. The molecule has 1 aliphatic rings. The lowest BCUT2D eigenvalue weighted by atomic mass is 10.1. The average Bonchev–Trinajstić information content (AvgIpc) is 3.83. The van der Waals surface area contributed by atoms with Crippen molar-refractivity contribution in [1.29, 1.82) is 0 Å². The maximum Gasteiger partial charge on any atom is 0.250 e. The van der Waals surface area contributed by atoms with Crippen LogP contribution in [0.1, 0.15) is 27.9 Å². The molecule has 8 rings (SSSR count). The minimum atomic E-state index is -0.474. The first kappa shape index (κ1) is 26.0. The van der Waals surface area contributed by atoms with Crippen molar-refractivity contribution >= 4 is 33.9 Å². The van der Waals surface area contributed by atoms with Crippen molar-refractivity contribution in [3.05, 3.63) is 102 Å². The van der Waals surface area contributed by atoms with Crippen LogP contribution in [0.3, 0.4) is 0 Å². The minimum Gasteiger partial charge on any atom is -0.383 e. The molecule has 0 unspecified atom stereocenters. The number of primary amides is 1. The Kier molecular flexibility index (Phi) is 6.35. The van der Waals surface area contributed by atoms with Crippen LogP contribution >= 0.6 is 0 Å². The Bertz CT molecular complexity index is 2130. The average molecular weight is 570 g/mol. The van der Waals surface area contributed by atoms with Gasteiger partial charge in [-0.05, 0) is 78.9 Å². The van der Waals surface area contributed by atoms with Gasteiger partial charge in [0.25, 0.3) is 0 Å². The van der Waals surface area contributed by atoms with E-state index in [1.807, 2.05) is 36.5 Å². The molecule has 0 spiro atoms. The van der Waals surface area contributed by atoms with Crippen molar-refractivity contribution in [1.82, 2.24) is 44.1 Å². The summed E-state index contributed by atoms with van der Waals surface area (Å²) in [4.78, 5) is 28.9. The van der Waals surface area contributed by atoms with Crippen LogP contribution in [0.25, 0.3) is 45.1 Å². The summed E-state index contributed by atoms with van der Waals surface area (Å²) in [5.74, 6) is 1.44. The van der Waals surface area contributed by atoms with Crippen molar-refractivity contribution in [3.8, 4) is 22.9 Å². The molecule has 4 N–H and O–H groups in total. The van der Waals surface area contributed by atoms with Gasteiger partial charge in [0.15, 0.2) is 22.9 Å². The summed E-state index contributed by atoms with van der Waals surface area (Å²) in [6.07, 6.45) is 11.9. The number of hydrogen-bond acceptors (Lipinski definition) is 8. The molecule has 0 bridgehead atoms. The van der Waals surface area contributed by atoms with E-state index in [9.17, 15) is 4.79 Å². The Morgan fingerprint density at radius 1 is 0.884 bits per heavy atom. The number of nitrogens with zero attached hydrogens (tertiary/aromatic N) is 9. The molecule has 1 amide bonds. The summed E-state index contributed by atoms with van der Waals surface area (Å²) < 4.78 is 5.46. The number of pyridine rings is 3. The number of benzene rings is 1. The Hall–Kier alpha value is -5.91. The second kappa shape index (κ2) is 10.5. The predicted octanol–water partition coefficient (Wildman–Crippen LogP) is 3.81. The number of amides is 1. The molecule has 7 aromatic rings. The molecule has 0 fully saturated rings. The zero-order valence-corrected chi connectivity index (χ0v) is 23.3. The van der Waals surface area contributed by atoms with Gasteiger partial charge in [-0.15, -0.1) is 0 Å². The minimum absolute atomic E-state index is 0.403. The van der Waals surface area contributed by atoms with Gasteiger partial charge in [-0.1, -0.05) is 6.07 Å². The maximum absolute atomic E-state index is 10.8. The third kappa shape index (κ3) is 4.74. The van der Waals surface area contributed by atoms with E-state index in [1.54, 1.807) is 41.1 Å². The molecule has 0 aliphatic heterocycles. The Labute approximate surface area is 245 Å². The van der Waals surface area contributed by atoms with E-state index in [4.69, 9.17) is 21.4 Å². The molecule has 0 saturated heterocycles. The lowest BCUT2D eigenvalue weighted by Gasteiger charge is -2.12. The summed E-state index contributed by atoms with van der Waals surface area (Å²) >= 11 is 0. The monoisotopic (exact) mass is 569 g/mol. The number of fused-ring (bicyclic) bond motifs is 3. The molecule has 12 heteroatoms. The van der Waals surface area contributed by atoms with Gasteiger partial charge >= 0.3 is 0 Å². The number of hydrogen-bond donors (Lipinski definition) is 2. The summed E-state index contributed by atoms with van der Waals surface area (Å²) in [6.45, 7) is 0. The molecule has 12 nitrogen and oxygen atoms in total. The van der Waals surface area contributed by atoms with Gasteiger partial charge < -0.3 is 11.5 Å².